The first kappa shape index (κ1) is 48.7. The number of amides is 3. The fraction of sp³-hybridized carbons (Fsp3) is 0.143. The number of carbonyl (C=O) groups excluding carboxylic acids is 6. The van der Waals surface area contributed by atoms with Gasteiger partial charge in [0.2, 0.25) is 18.1 Å². The lowest BCUT2D eigenvalue weighted by molar-refractivity contribution is -0.127. The van der Waals surface area contributed by atoms with Crippen molar-refractivity contribution in [3.63, 3.8) is 0 Å². The van der Waals surface area contributed by atoms with Crippen LogP contribution in [0.1, 0.15) is 37.5 Å². The zero-order valence-corrected chi connectivity index (χ0v) is 37.2. The molecule has 0 aliphatic heterocycles. The molecular formula is C42H30N24O6. The number of nitriles is 3. The summed E-state index contributed by atoms with van der Waals surface area (Å²) in [6.07, 6.45) is 13.1. The summed E-state index contributed by atoms with van der Waals surface area (Å²) in [6.45, 7) is 3.13. The van der Waals surface area contributed by atoms with E-state index in [1.807, 2.05) is 18.2 Å². The van der Waals surface area contributed by atoms with E-state index in [2.05, 4.69) is 91.8 Å². The lowest BCUT2D eigenvalue weighted by Crippen LogP contribution is -2.33. The maximum Gasteiger partial charge on any atom is 0.258 e. The number of ketones is 3. The molecule has 0 spiro atoms. The van der Waals surface area contributed by atoms with E-state index >= 15 is 0 Å². The zero-order chi connectivity index (χ0) is 51.3. The summed E-state index contributed by atoms with van der Waals surface area (Å²) < 4.78 is 3.23. The number of anilines is 3. The highest BCUT2D eigenvalue weighted by atomic mass is 16.2. The molecule has 0 radical (unpaired) electrons. The van der Waals surface area contributed by atoms with Crippen LogP contribution in [0.25, 0.3) is 17.7 Å². The SMILES string of the molecule is CC(=O)C(N=Nc1c(C#N)cnn1-c1cnccn1)C(=O)Nc1cc(NC(=O)C(N=Nc2c(C#N)cnn2-c2ncccn2)C(C)=O)cc(NC(=O)C(N=Nc2c(C#N)cnn2-c2ncccn2)C(C)=O)c1. The minimum Gasteiger partial charge on any atom is -0.324 e. The highest BCUT2D eigenvalue weighted by Crippen LogP contribution is 2.28. The number of hydrogen-bond donors (Lipinski definition) is 3. The minimum atomic E-state index is -1.88. The second kappa shape index (κ2) is 22.1. The molecule has 0 fully saturated rings. The molecule has 6 aromatic heterocycles. The van der Waals surface area contributed by atoms with E-state index in [-0.39, 0.29) is 68.9 Å². The van der Waals surface area contributed by atoms with Gasteiger partial charge in [0.05, 0.1) is 24.8 Å². The molecule has 3 unspecified atom stereocenters. The molecule has 354 valence electrons. The smallest absolute Gasteiger partial charge is 0.258 e. The van der Waals surface area contributed by atoms with Gasteiger partial charge in [-0.3, -0.25) is 33.8 Å². The van der Waals surface area contributed by atoms with Crippen LogP contribution in [0.3, 0.4) is 0 Å². The van der Waals surface area contributed by atoms with Crippen LogP contribution in [-0.4, -0.2) is 112 Å². The van der Waals surface area contributed by atoms with Crippen LogP contribution >= 0.6 is 0 Å². The summed E-state index contributed by atoms with van der Waals surface area (Å²) >= 11 is 0. The molecule has 0 aliphatic carbocycles. The Hall–Kier alpha value is -11.2. The van der Waals surface area contributed by atoms with Gasteiger partial charge in [-0.15, -0.1) is 15.3 Å². The van der Waals surface area contributed by atoms with Crippen LogP contribution in [0.4, 0.5) is 34.5 Å². The number of hydrogen-bond acceptors (Lipinski definition) is 24. The largest absolute Gasteiger partial charge is 0.324 e. The van der Waals surface area contributed by atoms with Crippen molar-refractivity contribution in [1.29, 1.82) is 15.8 Å². The predicted molar refractivity (Wildman–Crippen MR) is 241 cm³/mol. The molecule has 3 atom stereocenters. The fourth-order valence-electron chi connectivity index (χ4n) is 5.98. The number of carbonyl (C=O) groups is 6. The predicted octanol–water partition coefficient (Wildman–Crippen LogP) is 3.27. The molecule has 3 amide bonds. The quantitative estimate of drug-likeness (QED) is 0.0820. The number of rotatable bonds is 18. The summed E-state index contributed by atoms with van der Waals surface area (Å²) in [5.41, 5.74) is -0.942. The molecule has 3 N–H and O–H groups in total. The molecule has 0 saturated heterocycles. The van der Waals surface area contributed by atoms with Crippen molar-refractivity contribution in [3.05, 3.63) is 109 Å². The van der Waals surface area contributed by atoms with Crippen LogP contribution in [0, 0.1) is 34.0 Å². The zero-order valence-electron chi connectivity index (χ0n) is 37.2. The fourth-order valence-corrected chi connectivity index (χ4v) is 5.98. The monoisotopic (exact) mass is 966 g/mol. The van der Waals surface area contributed by atoms with Gasteiger partial charge in [-0.1, -0.05) is 0 Å². The third-order valence-corrected chi connectivity index (χ3v) is 9.28. The Morgan fingerprint density at radius 3 is 1.15 bits per heavy atom. The van der Waals surface area contributed by atoms with E-state index in [4.69, 9.17) is 0 Å². The van der Waals surface area contributed by atoms with Gasteiger partial charge in [0, 0.05) is 54.2 Å². The van der Waals surface area contributed by atoms with Crippen LogP contribution in [-0.2, 0) is 28.8 Å². The first-order valence-corrected chi connectivity index (χ1v) is 20.4. The average molecular weight is 967 g/mol. The van der Waals surface area contributed by atoms with Gasteiger partial charge in [-0.05, 0) is 51.1 Å². The summed E-state index contributed by atoms with van der Waals surface area (Å²) in [5, 5.41) is 72.4. The molecule has 1 aromatic carbocycles. The Morgan fingerprint density at radius 1 is 0.486 bits per heavy atom. The lowest BCUT2D eigenvalue weighted by atomic mass is 10.1. The molecular weight excluding hydrogens is 937 g/mol. The Labute approximate surface area is 403 Å². The normalized spacial score (nSPS) is 12.3. The molecule has 0 saturated carbocycles. The summed E-state index contributed by atoms with van der Waals surface area (Å²) in [5.74, 6) is -6.25. The Bertz CT molecular complexity index is 3080. The van der Waals surface area contributed by atoms with Gasteiger partial charge in [0.1, 0.15) is 34.9 Å². The summed E-state index contributed by atoms with van der Waals surface area (Å²) in [4.78, 5) is 105. The van der Waals surface area contributed by atoms with E-state index < -0.39 is 53.2 Å². The van der Waals surface area contributed by atoms with Gasteiger partial charge in [-0.25, -0.2) is 24.9 Å². The number of benzene rings is 1. The van der Waals surface area contributed by atoms with Crippen LogP contribution in [0.15, 0.2) is 123 Å². The Morgan fingerprint density at radius 2 is 0.833 bits per heavy atom. The third-order valence-electron chi connectivity index (χ3n) is 9.28. The van der Waals surface area contributed by atoms with Crippen molar-refractivity contribution in [2.24, 2.45) is 30.7 Å². The summed E-state index contributed by atoms with van der Waals surface area (Å²) in [7, 11) is 0. The van der Waals surface area contributed by atoms with E-state index in [9.17, 15) is 44.6 Å². The molecule has 7 rings (SSSR count). The molecule has 30 heteroatoms. The van der Waals surface area contributed by atoms with Gasteiger partial charge in [0.25, 0.3) is 29.6 Å². The molecule has 6 heterocycles. The maximum atomic E-state index is 13.9. The lowest BCUT2D eigenvalue weighted by Gasteiger charge is -2.16. The second-order valence-corrected chi connectivity index (χ2v) is 14.3. The number of nitrogens with zero attached hydrogens (tertiary/aromatic N) is 21. The Balaban J connectivity index is 1.21. The number of aromatic nitrogens is 12. The minimum absolute atomic E-state index is 0.00642. The number of nitrogens with one attached hydrogen (secondary N) is 3. The standard InChI is InChI=1S/C42H30N24O6/c1-22(67)32(58-61-35-25(15-43)18-52-64(35)31-21-46-10-11-47-31)38(70)55-28-12-29(56-39(71)33(23(2)68)59-62-36-26(16-44)19-53-65(36)41-48-6-4-7-49-41)14-30(13-28)57-40(72)34(24(3)69)60-63-37-27(17-45)20-54-66(37)42-50-8-5-9-51-42/h4-14,18-21,32-34H,1-3H3,(H,55,70)(H,56,71)(H,57,72). The van der Waals surface area contributed by atoms with Crippen LogP contribution < -0.4 is 16.0 Å². The van der Waals surface area contributed by atoms with Crippen molar-refractivity contribution >= 4 is 69.6 Å². The highest BCUT2D eigenvalue weighted by Gasteiger charge is 2.29. The van der Waals surface area contributed by atoms with Crippen molar-refractivity contribution in [2.75, 3.05) is 16.0 Å². The molecule has 7 aromatic rings. The van der Waals surface area contributed by atoms with Gasteiger partial charge in [-0.2, -0.15) is 60.5 Å². The first-order chi connectivity index (χ1) is 34.8. The third kappa shape index (κ3) is 11.1. The van der Waals surface area contributed by atoms with Crippen molar-refractivity contribution < 1.29 is 28.8 Å². The van der Waals surface area contributed by atoms with Crippen molar-refractivity contribution in [3.8, 4) is 35.9 Å². The van der Waals surface area contributed by atoms with Crippen molar-refractivity contribution in [2.45, 2.75) is 38.9 Å². The number of azo groups is 3. The topological polar surface area (TPSA) is 415 Å². The van der Waals surface area contributed by atoms with E-state index in [1.54, 1.807) is 0 Å². The van der Waals surface area contributed by atoms with Gasteiger partial charge < -0.3 is 16.0 Å². The first-order valence-electron chi connectivity index (χ1n) is 20.4. The van der Waals surface area contributed by atoms with Gasteiger partial charge in [0.15, 0.2) is 40.6 Å². The van der Waals surface area contributed by atoms with Crippen molar-refractivity contribution in [1.82, 2.24) is 59.2 Å². The maximum absolute atomic E-state index is 13.9. The number of Topliss-reactive ketones (excluding diaryl/α,β-unsaturated/α-hetero) is 3. The van der Waals surface area contributed by atoms with E-state index in [1.165, 1.54) is 73.7 Å². The molecule has 0 bridgehead atoms. The average Bonchev–Trinajstić information content (AvgIpc) is 4.11. The molecule has 30 nitrogen and oxygen atoms in total. The van der Waals surface area contributed by atoms with Crippen LogP contribution in [0.2, 0.25) is 0 Å². The van der Waals surface area contributed by atoms with E-state index in [0.717, 1.165) is 53.4 Å². The molecule has 72 heavy (non-hydrogen) atoms. The van der Waals surface area contributed by atoms with Gasteiger partial charge >= 0.3 is 0 Å². The molecule has 0 aliphatic rings. The highest BCUT2D eigenvalue weighted by molar-refractivity contribution is 6.13. The summed E-state index contributed by atoms with van der Waals surface area (Å²) in [6, 6.07) is 6.60. The second-order valence-electron chi connectivity index (χ2n) is 14.3. The van der Waals surface area contributed by atoms with Crippen LogP contribution in [0.5, 0.6) is 0 Å². The van der Waals surface area contributed by atoms with E-state index in [0.29, 0.717) is 0 Å². The Kier molecular flexibility index (Phi) is 14.9.